The predicted octanol–water partition coefficient (Wildman–Crippen LogP) is 6.86. The molecule has 0 amide bonds. The van der Waals surface area contributed by atoms with Gasteiger partial charge in [0.25, 0.3) is 0 Å². The van der Waals surface area contributed by atoms with Crippen LogP contribution in [0.15, 0.2) is 46.7 Å². The molecule has 2 aliphatic carbocycles. The number of hydrogen-bond donors (Lipinski definition) is 0. The maximum atomic E-state index is 2.60. The molecule has 0 heterocycles. The summed E-state index contributed by atoms with van der Waals surface area (Å²) in [6, 6.07) is 0. The van der Waals surface area contributed by atoms with Crippen LogP contribution in [-0.2, 0) is 0 Å². The van der Waals surface area contributed by atoms with Crippen LogP contribution in [0.25, 0.3) is 0 Å². The third-order valence-electron chi connectivity index (χ3n) is 5.27. The maximum absolute atomic E-state index is 2.60. The first-order valence-electron chi connectivity index (χ1n) is 8.95. The van der Waals surface area contributed by atoms with E-state index in [2.05, 4.69) is 96.8 Å². The normalized spacial score (nSPS) is 25.5. The summed E-state index contributed by atoms with van der Waals surface area (Å²) in [6.45, 7) is 19.4. The Morgan fingerprint density at radius 3 is 2.30 bits per heavy atom. The summed E-state index contributed by atoms with van der Waals surface area (Å²) in [5, 5.41) is 2.29. The third-order valence-corrected chi connectivity index (χ3v) is 12.7. The molecule has 0 aliphatic heterocycles. The molecular weight excluding hydrogens is 312 g/mol. The summed E-state index contributed by atoms with van der Waals surface area (Å²) in [7, 11) is -1.66. The van der Waals surface area contributed by atoms with Gasteiger partial charge in [0.1, 0.15) is 8.07 Å². The van der Waals surface area contributed by atoms with Gasteiger partial charge in [-0.3, -0.25) is 0 Å². The van der Waals surface area contributed by atoms with E-state index in [0.717, 1.165) is 6.42 Å². The van der Waals surface area contributed by atoms with E-state index >= 15 is 0 Å². The molecule has 0 radical (unpaired) electrons. The van der Waals surface area contributed by atoms with Gasteiger partial charge in [-0.15, -0.1) is 0 Å². The number of rotatable bonds is 4. The van der Waals surface area contributed by atoms with Crippen LogP contribution in [0.2, 0.25) is 13.1 Å². The molecule has 0 nitrogen and oxygen atoms in total. The van der Waals surface area contributed by atoms with Crippen LogP contribution in [0.3, 0.4) is 0 Å². The molecule has 0 spiro atoms. The van der Waals surface area contributed by atoms with Crippen molar-refractivity contribution in [3.63, 3.8) is 0 Å². The smallest absolute Gasteiger partial charge is 0.103 e. The number of thioether (sulfide) groups is 1. The van der Waals surface area contributed by atoms with E-state index in [-0.39, 0.29) is 9.79 Å². The molecule has 1 unspecified atom stereocenters. The van der Waals surface area contributed by atoms with Crippen LogP contribution >= 0.6 is 11.8 Å². The summed E-state index contributed by atoms with van der Waals surface area (Å²) >= 11 is 2.23. The van der Waals surface area contributed by atoms with Crippen molar-refractivity contribution in [3.05, 3.63) is 46.7 Å². The minimum absolute atomic E-state index is 0.213. The Labute approximate surface area is 149 Å². The van der Waals surface area contributed by atoms with E-state index in [1.807, 2.05) is 0 Å². The largest absolute Gasteiger partial charge is 0.150 e. The van der Waals surface area contributed by atoms with Crippen molar-refractivity contribution in [1.82, 2.24) is 0 Å². The summed E-state index contributed by atoms with van der Waals surface area (Å²) in [6.07, 6.45) is 14.5. The van der Waals surface area contributed by atoms with Gasteiger partial charge in [0.2, 0.25) is 0 Å². The van der Waals surface area contributed by atoms with Gasteiger partial charge < -0.3 is 0 Å². The van der Waals surface area contributed by atoms with Crippen molar-refractivity contribution >= 4 is 19.8 Å². The molecule has 2 heteroatoms. The average molecular weight is 347 g/mol. The molecule has 0 fully saturated rings. The lowest BCUT2D eigenvalue weighted by molar-refractivity contribution is 0.469. The van der Waals surface area contributed by atoms with E-state index in [1.165, 1.54) is 12.0 Å². The molecule has 0 aromatic carbocycles. The van der Waals surface area contributed by atoms with Gasteiger partial charge in [-0.25, -0.2) is 0 Å². The second-order valence-electron chi connectivity index (χ2n) is 8.88. The molecule has 2 aliphatic rings. The van der Waals surface area contributed by atoms with Crippen LogP contribution in [-0.4, -0.2) is 17.7 Å². The highest BCUT2D eigenvalue weighted by Gasteiger charge is 2.54. The predicted molar refractivity (Wildman–Crippen MR) is 111 cm³/mol. The van der Waals surface area contributed by atoms with Crippen molar-refractivity contribution in [2.45, 2.75) is 77.1 Å². The zero-order chi connectivity index (χ0) is 17.5. The zero-order valence-corrected chi connectivity index (χ0v) is 18.1. The molecule has 2 rings (SSSR count). The van der Waals surface area contributed by atoms with Crippen molar-refractivity contribution in [2.75, 3.05) is 0 Å². The number of allylic oxidation sites excluding steroid dienone is 7. The second-order valence-corrected chi connectivity index (χ2v) is 15.8. The third kappa shape index (κ3) is 3.49. The van der Waals surface area contributed by atoms with Gasteiger partial charge in [0, 0.05) is 4.37 Å². The SMILES string of the molecule is CC1=CCC(SC(C)C)([Si](C)(C)C2=CCC=C2)C(C(C)(C)C)=C1. The quantitative estimate of drug-likeness (QED) is 0.501. The molecule has 0 aromatic rings. The van der Waals surface area contributed by atoms with Crippen molar-refractivity contribution in [1.29, 1.82) is 0 Å². The molecule has 23 heavy (non-hydrogen) atoms. The van der Waals surface area contributed by atoms with Gasteiger partial charge in [0.05, 0.1) is 0 Å². The highest BCUT2D eigenvalue weighted by atomic mass is 32.2. The van der Waals surface area contributed by atoms with Crippen molar-refractivity contribution in [2.24, 2.45) is 5.41 Å². The first-order valence-corrected chi connectivity index (χ1v) is 12.8. The van der Waals surface area contributed by atoms with E-state index < -0.39 is 8.07 Å². The summed E-state index contributed by atoms with van der Waals surface area (Å²) < 4.78 is 0.263. The average Bonchev–Trinajstić information content (AvgIpc) is 2.93. The van der Waals surface area contributed by atoms with E-state index in [0.29, 0.717) is 5.25 Å². The fourth-order valence-corrected chi connectivity index (χ4v) is 11.1. The first kappa shape index (κ1) is 18.9. The van der Waals surface area contributed by atoms with Gasteiger partial charge in [-0.05, 0) is 30.4 Å². The molecule has 0 N–H and O–H groups in total. The van der Waals surface area contributed by atoms with Crippen molar-refractivity contribution < 1.29 is 0 Å². The molecule has 1 atom stereocenters. The van der Waals surface area contributed by atoms with E-state index in [4.69, 9.17) is 0 Å². The van der Waals surface area contributed by atoms with Crippen molar-refractivity contribution in [3.8, 4) is 0 Å². The second kappa shape index (κ2) is 6.44. The Morgan fingerprint density at radius 2 is 1.83 bits per heavy atom. The monoisotopic (exact) mass is 346 g/mol. The number of hydrogen-bond acceptors (Lipinski definition) is 1. The fraction of sp³-hybridized carbons (Fsp3) is 0.619. The van der Waals surface area contributed by atoms with E-state index in [1.54, 1.807) is 10.8 Å². The molecule has 0 saturated carbocycles. The van der Waals surface area contributed by atoms with Crippen LogP contribution in [0.4, 0.5) is 0 Å². The van der Waals surface area contributed by atoms with Crippen LogP contribution in [0.1, 0.15) is 54.4 Å². The van der Waals surface area contributed by atoms with E-state index in [9.17, 15) is 0 Å². The van der Waals surface area contributed by atoms with Gasteiger partial charge in [-0.2, -0.15) is 11.8 Å². The minimum atomic E-state index is -1.66. The molecular formula is C21H34SSi. The first-order chi connectivity index (χ1) is 10.5. The Balaban J connectivity index is 2.64. The Kier molecular flexibility index (Phi) is 5.28. The van der Waals surface area contributed by atoms with Gasteiger partial charge in [0.15, 0.2) is 0 Å². The summed E-state index contributed by atoms with van der Waals surface area (Å²) in [5.41, 5.74) is 3.32. The Bertz CT molecular complexity index is 581. The van der Waals surface area contributed by atoms with Crippen LogP contribution < -0.4 is 0 Å². The summed E-state index contributed by atoms with van der Waals surface area (Å²) in [5.74, 6) is 0. The lowest BCUT2D eigenvalue weighted by atomic mass is 9.80. The maximum Gasteiger partial charge on any atom is 0.103 e. The molecule has 0 saturated heterocycles. The highest BCUT2D eigenvalue weighted by molar-refractivity contribution is 8.03. The lowest BCUT2D eigenvalue weighted by Gasteiger charge is -2.53. The minimum Gasteiger partial charge on any atom is -0.150 e. The Hall–Kier alpha value is -0.473. The standard InChI is InChI=1S/C21H34SSi/c1-16(2)22-21(23(7,8)18-11-9-10-12-18)14-13-17(3)15-19(21)20(4,5)6/h9,11-13,15-16H,10,14H2,1-8H3. The topological polar surface area (TPSA) is 0 Å². The Morgan fingerprint density at radius 1 is 1.17 bits per heavy atom. The fourth-order valence-electron chi connectivity index (χ4n) is 4.05. The van der Waals surface area contributed by atoms with Gasteiger partial charge in [-0.1, -0.05) is 94.4 Å². The zero-order valence-electron chi connectivity index (χ0n) is 16.3. The van der Waals surface area contributed by atoms with Gasteiger partial charge >= 0.3 is 0 Å². The molecule has 128 valence electrons. The lowest BCUT2D eigenvalue weighted by Crippen LogP contribution is -2.57. The summed E-state index contributed by atoms with van der Waals surface area (Å²) in [4.78, 5) is 0. The molecule has 0 bridgehead atoms. The van der Waals surface area contributed by atoms with Crippen LogP contribution in [0, 0.1) is 5.41 Å². The molecule has 0 aromatic heterocycles. The van der Waals surface area contributed by atoms with Crippen LogP contribution in [0.5, 0.6) is 0 Å². The highest BCUT2D eigenvalue weighted by Crippen LogP contribution is 2.56.